The van der Waals surface area contributed by atoms with E-state index in [-0.39, 0.29) is 15.8 Å². The van der Waals surface area contributed by atoms with E-state index in [1.807, 2.05) is 30.3 Å². The lowest BCUT2D eigenvalue weighted by molar-refractivity contribution is 0.290. The summed E-state index contributed by atoms with van der Waals surface area (Å²) in [4.78, 5) is 4.24. The molecule has 0 unspecified atom stereocenters. The first-order chi connectivity index (χ1) is 11.9. The topological polar surface area (TPSA) is 68.3 Å². The number of ether oxygens (including phenoxy) is 1. The average molecular weight is 417 g/mol. The van der Waals surface area contributed by atoms with Crippen molar-refractivity contribution in [2.45, 2.75) is 17.9 Å². The number of nitrogens with zero attached hydrogens (tertiary/aromatic N) is 1. The van der Waals surface area contributed by atoms with E-state index in [2.05, 4.69) is 9.71 Å². The fourth-order valence-corrected chi connectivity index (χ4v) is 5.66. The Morgan fingerprint density at radius 2 is 2.08 bits per heavy atom. The van der Waals surface area contributed by atoms with Crippen LogP contribution in [0.3, 0.4) is 0 Å². The normalized spacial score (nSPS) is 13.1. The summed E-state index contributed by atoms with van der Waals surface area (Å²) in [6.07, 6.45) is 1.71. The van der Waals surface area contributed by atoms with Crippen LogP contribution in [0, 0.1) is 0 Å². The van der Waals surface area contributed by atoms with Gasteiger partial charge in [0.25, 0.3) is 0 Å². The lowest BCUT2D eigenvalue weighted by Crippen LogP contribution is -2.36. The molecule has 1 N–H and O–H groups in total. The quantitative estimate of drug-likeness (QED) is 0.648. The third-order valence-corrected chi connectivity index (χ3v) is 6.71. The van der Waals surface area contributed by atoms with Gasteiger partial charge in [0.15, 0.2) is 0 Å². The molecule has 132 valence electrons. The van der Waals surface area contributed by atoms with Crippen molar-refractivity contribution >= 4 is 55.5 Å². The summed E-state index contributed by atoms with van der Waals surface area (Å²) in [7, 11) is -3.76. The zero-order valence-electron chi connectivity index (χ0n) is 13.1. The van der Waals surface area contributed by atoms with Gasteiger partial charge in [-0.2, -0.15) is 0 Å². The highest BCUT2D eigenvalue weighted by molar-refractivity contribution is 7.89. The van der Waals surface area contributed by atoms with Crippen molar-refractivity contribution in [3.63, 3.8) is 0 Å². The number of thiophene rings is 1. The molecule has 0 saturated carbocycles. The predicted molar refractivity (Wildman–Crippen MR) is 101 cm³/mol. The molecule has 9 heteroatoms. The summed E-state index contributed by atoms with van der Waals surface area (Å²) in [6, 6.07) is 10.1. The minimum absolute atomic E-state index is 0.0228. The van der Waals surface area contributed by atoms with Gasteiger partial charge in [0.1, 0.15) is 21.6 Å². The minimum atomic E-state index is -3.76. The number of aromatic nitrogens is 1. The molecule has 1 atom stereocenters. The Bertz CT molecular complexity index is 1000. The Hall–Kier alpha value is -1.38. The number of hydrogen-bond acceptors (Lipinski definition) is 5. The van der Waals surface area contributed by atoms with Crippen LogP contribution in [-0.4, -0.2) is 26.1 Å². The summed E-state index contributed by atoms with van der Waals surface area (Å²) < 4.78 is 33.5. The molecular formula is C16H14Cl2N2O3S2. The molecule has 0 bridgehead atoms. The van der Waals surface area contributed by atoms with Gasteiger partial charge < -0.3 is 4.74 Å². The van der Waals surface area contributed by atoms with Gasteiger partial charge >= 0.3 is 0 Å². The molecule has 2 heterocycles. The van der Waals surface area contributed by atoms with Crippen molar-refractivity contribution in [3.8, 4) is 5.75 Å². The SMILES string of the molecule is C[C@@H](COc1cccc2ncccc12)NS(=O)(=O)c1cc(Cl)sc1Cl. The monoisotopic (exact) mass is 416 g/mol. The van der Waals surface area contributed by atoms with Crippen LogP contribution in [0.1, 0.15) is 6.92 Å². The number of benzene rings is 1. The van der Waals surface area contributed by atoms with Crippen molar-refractivity contribution in [3.05, 3.63) is 51.3 Å². The third-order valence-electron chi connectivity index (χ3n) is 3.37. The highest BCUT2D eigenvalue weighted by Gasteiger charge is 2.23. The van der Waals surface area contributed by atoms with Crippen LogP contribution in [0.2, 0.25) is 8.67 Å². The smallest absolute Gasteiger partial charge is 0.243 e. The number of nitrogens with one attached hydrogen (secondary N) is 1. The molecule has 0 radical (unpaired) electrons. The highest BCUT2D eigenvalue weighted by Crippen LogP contribution is 2.34. The van der Waals surface area contributed by atoms with Crippen LogP contribution >= 0.6 is 34.5 Å². The zero-order chi connectivity index (χ0) is 18.0. The van der Waals surface area contributed by atoms with Gasteiger partial charge in [-0.15, -0.1) is 11.3 Å². The van der Waals surface area contributed by atoms with Gasteiger partial charge in [-0.05, 0) is 37.3 Å². The number of fused-ring (bicyclic) bond motifs is 1. The molecule has 0 saturated heterocycles. The second-order valence-electron chi connectivity index (χ2n) is 5.35. The first-order valence-corrected chi connectivity index (χ1v) is 10.4. The molecular weight excluding hydrogens is 403 g/mol. The van der Waals surface area contributed by atoms with E-state index in [0.717, 1.165) is 22.2 Å². The van der Waals surface area contributed by atoms with E-state index in [1.165, 1.54) is 6.07 Å². The van der Waals surface area contributed by atoms with Gasteiger partial charge in [-0.25, -0.2) is 13.1 Å². The predicted octanol–water partition coefficient (Wildman–Crippen LogP) is 4.35. The maximum absolute atomic E-state index is 12.4. The minimum Gasteiger partial charge on any atom is -0.491 e. The molecule has 5 nitrogen and oxygen atoms in total. The van der Waals surface area contributed by atoms with E-state index >= 15 is 0 Å². The Kier molecular flexibility index (Phi) is 5.50. The lowest BCUT2D eigenvalue weighted by atomic mass is 10.2. The maximum Gasteiger partial charge on any atom is 0.243 e. The first-order valence-electron chi connectivity index (χ1n) is 7.30. The largest absolute Gasteiger partial charge is 0.491 e. The standard InChI is InChI=1S/C16H14Cl2N2O3S2/c1-10(20-25(21,22)14-8-15(17)24-16(14)18)9-23-13-6-2-5-12-11(13)4-3-7-19-12/h2-8,10,20H,9H2,1H3/t10-/m0/s1. The van der Waals surface area contributed by atoms with Gasteiger partial charge in [0, 0.05) is 11.6 Å². The summed E-state index contributed by atoms with van der Waals surface area (Å²) in [6.45, 7) is 1.87. The average Bonchev–Trinajstić information content (AvgIpc) is 2.92. The Morgan fingerprint density at radius 3 is 2.80 bits per heavy atom. The number of pyridine rings is 1. The fraction of sp³-hybridized carbons (Fsp3) is 0.188. The maximum atomic E-state index is 12.4. The van der Waals surface area contributed by atoms with Crippen LogP contribution in [0.4, 0.5) is 0 Å². The Labute approximate surface area is 159 Å². The molecule has 3 rings (SSSR count). The third kappa shape index (κ3) is 4.24. The van der Waals surface area contributed by atoms with Crippen LogP contribution in [0.25, 0.3) is 10.9 Å². The first kappa shape index (κ1) is 18.4. The molecule has 0 aliphatic carbocycles. The molecule has 2 aromatic heterocycles. The van der Waals surface area contributed by atoms with Crippen molar-refractivity contribution in [2.24, 2.45) is 0 Å². The van der Waals surface area contributed by atoms with Gasteiger partial charge in [0.05, 0.1) is 15.9 Å². The molecule has 3 aromatic rings. The molecule has 0 aliphatic rings. The second kappa shape index (κ2) is 7.47. The molecule has 0 fully saturated rings. The number of hydrogen-bond donors (Lipinski definition) is 1. The van der Waals surface area contributed by atoms with Crippen molar-refractivity contribution in [1.29, 1.82) is 0 Å². The summed E-state index contributed by atoms with van der Waals surface area (Å²) in [5.74, 6) is 0.647. The molecule has 0 aliphatic heterocycles. The van der Waals surface area contributed by atoms with Crippen molar-refractivity contribution in [1.82, 2.24) is 9.71 Å². The van der Waals surface area contributed by atoms with Gasteiger partial charge in [-0.1, -0.05) is 29.3 Å². The summed E-state index contributed by atoms with van der Waals surface area (Å²) >= 11 is 12.8. The van der Waals surface area contributed by atoms with Gasteiger partial charge in [-0.3, -0.25) is 4.98 Å². The van der Waals surface area contributed by atoms with E-state index in [0.29, 0.717) is 10.1 Å². The van der Waals surface area contributed by atoms with Crippen LogP contribution in [-0.2, 0) is 10.0 Å². The van der Waals surface area contributed by atoms with Crippen LogP contribution in [0.5, 0.6) is 5.75 Å². The fourth-order valence-electron chi connectivity index (χ4n) is 2.29. The molecule has 25 heavy (non-hydrogen) atoms. The van der Waals surface area contributed by atoms with E-state index in [4.69, 9.17) is 27.9 Å². The van der Waals surface area contributed by atoms with E-state index in [1.54, 1.807) is 13.1 Å². The van der Waals surface area contributed by atoms with Crippen LogP contribution in [0.15, 0.2) is 47.5 Å². The number of sulfonamides is 1. The molecule has 0 spiro atoms. The summed E-state index contributed by atoms with van der Waals surface area (Å²) in [5.41, 5.74) is 0.813. The highest BCUT2D eigenvalue weighted by atomic mass is 35.5. The van der Waals surface area contributed by atoms with E-state index in [9.17, 15) is 8.42 Å². The number of halogens is 2. The van der Waals surface area contributed by atoms with Crippen molar-refractivity contribution < 1.29 is 13.2 Å². The molecule has 1 aromatic carbocycles. The van der Waals surface area contributed by atoms with Crippen molar-refractivity contribution in [2.75, 3.05) is 6.61 Å². The van der Waals surface area contributed by atoms with E-state index < -0.39 is 16.1 Å². The van der Waals surface area contributed by atoms with Crippen LogP contribution < -0.4 is 9.46 Å². The Balaban J connectivity index is 1.70. The molecule has 0 amide bonds. The zero-order valence-corrected chi connectivity index (χ0v) is 16.2. The Morgan fingerprint density at radius 1 is 1.28 bits per heavy atom. The number of rotatable bonds is 6. The lowest BCUT2D eigenvalue weighted by Gasteiger charge is -2.16. The second-order valence-corrected chi connectivity index (χ2v) is 9.32. The van der Waals surface area contributed by atoms with Gasteiger partial charge in [0.2, 0.25) is 10.0 Å². The summed E-state index contributed by atoms with van der Waals surface area (Å²) in [5, 5.41) is 0.868.